The molecule has 0 aliphatic heterocycles. The number of halogens is 2. The van der Waals surface area contributed by atoms with Crippen molar-refractivity contribution in [1.82, 2.24) is 5.32 Å². The summed E-state index contributed by atoms with van der Waals surface area (Å²) in [6, 6.07) is 4.05. The lowest BCUT2D eigenvalue weighted by atomic mass is 10.2. The molecule has 1 atom stereocenters. The van der Waals surface area contributed by atoms with Gasteiger partial charge in [-0.1, -0.05) is 15.9 Å². The average molecular weight is 367 g/mol. The minimum atomic E-state index is 0.0715. The highest BCUT2D eigenvalue weighted by Gasteiger charge is 2.10. The highest BCUT2D eigenvalue weighted by molar-refractivity contribution is 9.11. The summed E-state index contributed by atoms with van der Waals surface area (Å²) in [7, 11) is 0. The average Bonchev–Trinajstić information content (AvgIpc) is 2.29. The van der Waals surface area contributed by atoms with Crippen LogP contribution in [0.5, 0.6) is 5.75 Å². The monoisotopic (exact) mass is 365 g/mol. The standard InChI is InChI=1S/C12H17Br2NO2/c1-3-17-12-9(6-15-8(2)7-16)4-10(13)5-11(12)14/h4-5,8,15-16H,3,6-7H2,1-2H3/t8-/m1/s1. The Morgan fingerprint density at radius 2 is 2.12 bits per heavy atom. The molecule has 0 radical (unpaired) electrons. The third-order valence-electron chi connectivity index (χ3n) is 2.29. The van der Waals surface area contributed by atoms with Gasteiger partial charge in [-0.05, 0) is 41.9 Å². The minimum absolute atomic E-state index is 0.0715. The number of aliphatic hydroxyl groups excluding tert-OH is 1. The second-order valence-electron chi connectivity index (χ2n) is 3.77. The number of nitrogens with one attached hydrogen (secondary N) is 1. The van der Waals surface area contributed by atoms with Crippen LogP contribution in [0.25, 0.3) is 0 Å². The summed E-state index contributed by atoms with van der Waals surface area (Å²) in [6.45, 7) is 5.31. The zero-order chi connectivity index (χ0) is 12.8. The molecule has 0 unspecified atom stereocenters. The van der Waals surface area contributed by atoms with Crippen LogP contribution in [0.15, 0.2) is 21.1 Å². The zero-order valence-corrected chi connectivity index (χ0v) is 13.1. The van der Waals surface area contributed by atoms with Gasteiger partial charge in [0.1, 0.15) is 5.75 Å². The summed E-state index contributed by atoms with van der Waals surface area (Å²) in [5.41, 5.74) is 1.06. The fourth-order valence-corrected chi connectivity index (χ4v) is 2.83. The normalized spacial score (nSPS) is 12.5. The Morgan fingerprint density at radius 3 is 2.71 bits per heavy atom. The van der Waals surface area contributed by atoms with E-state index in [9.17, 15) is 0 Å². The summed E-state index contributed by atoms with van der Waals surface area (Å²) in [6.07, 6.45) is 0. The molecular formula is C12H17Br2NO2. The molecule has 0 fully saturated rings. The quantitative estimate of drug-likeness (QED) is 0.812. The summed E-state index contributed by atoms with van der Waals surface area (Å²) in [5, 5.41) is 12.2. The lowest BCUT2D eigenvalue weighted by molar-refractivity contribution is 0.250. The smallest absolute Gasteiger partial charge is 0.138 e. The van der Waals surface area contributed by atoms with Gasteiger partial charge in [0.15, 0.2) is 0 Å². The number of aliphatic hydroxyl groups is 1. The number of hydrogen-bond acceptors (Lipinski definition) is 3. The first-order valence-corrected chi connectivity index (χ1v) is 7.12. The molecule has 0 saturated heterocycles. The molecule has 3 nitrogen and oxygen atoms in total. The predicted octanol–water partition coefficient (Wildman–Crippen LogP) is 3.08. The van der Waals surface area contributed by atoms with Crippen LogP contribution in [-0.4, -0.2) is 24.4 Å². The molecule has 0 amide bonds. The van der Waals surface area contributed by atoms with Gasteiger partial charge in [-0.3, -0.25) is 0 Å². The molecule has 0 aliphatic carbocycles. The summed E-state index contributed by atoms with van der Waals surface area (Å²) in [4.78, 5) is 0. The van der Waals surface area contributed by atoms with E-state index in [0.717, 1.165) is 20.3 Å². The molecule has 5 heteroatoms. The lowest BCUT2D eigenvalue weighted by Crippen LogP contribution is -2.28. The van der Waals surface area contributed by atoms with Gasteiger partial charge in [-0.15, -0.1) is 0 Å². The van der Waals surface area contributed by atoms with Gasteiger partial charge < -0.3 is 15.2 Å². The Kier molecular flexibility index (Phi) is 6.48. The van der Waals surface area contributed by atoms with E-state index in [2.05, 4.69) is 37.2 Å². The Morgan fingerprint density at radius 1 is 1.41 bits per heavy atom. The van der Waals surface area contributed by atoms with Crippen molar-refractivity contribution in [3.63, 3.8) is 0 Å². The Labute approximate surface area is 119 Å². The van der Waals surface area contributed by atoms with Crippen LogP contribution in [0.2, 0.25) is 0 Å². The highest BCUT2D eigenvalue weighted by atomic mass is 79.9. The first-order valence-electron chi connectivity index (χ1n) is 5.53. The van der Waals surface area contributed by atoms with Crippen molar-refractivity contribution in [3.8, 4) is 5.75 Å². The second-order valence-corrected chi connectivity index (χ2v) is 5.54. The maximum absolute atomic E-state index is 8.98. The summed E-state index contributed by atoms with van der Waals surface area (Å²) in [5.74, 6) is 0.855. The third kappa shape index (κ3) is 4.58. The van der Waals surface area contributed by atoms with Crippen LogP contribution in [0.3, 0.4) is 0 Å². The number of benzene rings is 1. The lowest BCUT2D eigenvalue weighted by Gasteiger charge is -2.16. The summed E-state index contributed by atoms with van der Waals surface area (Å²) >= 11 is 6.95. The molecule has 17 heavy (non-hydrogen) atoms. The minimum Gasteiger partial charge on any atom is -0.492 e. The molecular weight excluding hydrogens is 350 g/mol. The van der Waals surface area contributed by atoms with E-state index in [-0.39, 0.29) is 12.6 Å². The van der Waals surface area contributed by atoms with E-state index in [1.165, 1.54) is 0 Å². The van der Waals surface area contributed by atoms with E-state index >= 15 is 0 Å². The molecule has 2 N–H and O–H groups in total. The van der Waals surface area contributed by atoms with Crippen LogP contribution in [0.1, 0.15) is 19.4 Å². The molecule has 0 aliphatic rings. The summed E-state index contributed by atoms with van der Waals surface area (Å²) < 4.78 is 7.55. The second kappa shape index (κ2) is 7.36. The largest absolute Gasteiger partial charge is 0.492 e. The number of rotatable bonds is 6. The van der Waals surface area contributed by atoms with E-state index in [1.807, 2.05) is 26.0 Å². The molecule has 96 valence electrons. The zero-order valence-electron chi connectivity index (χ0n) is 9.96. The predicted molar refractivity (Wildman–Crippen MR) is 76.4 cm³/mol. The van der Waals surface area contributed by atoms with Crippen molar-refractivity contribution in [2.45, 2.75) is 26.4 Å². The molecule has 1 rings (SSSR count). The van der Waals surface area contributed by atoms with Crippen molar-refractivity contribution in [2.24, 2.45) is 0 Å². The van der Waals surface area contributed by atoms with Crippen LogP contribution in [-0.2, 0) is 6.54 Å². The highest BCUT2D eigenvalue weighted by Crippen LogP contribution is 2.32. The van der Waals surface area contributed by atoms with Gasteiger partial charge in [0, 0.05) is 22.6 Å². The van der Waals surface area contributed by atoms with Crippen LogP contribution < -0.4 is 10.1 Å². The van der Waals surface area contributed by atoms with Crippen LogP contribution in [0.4, 0.5) is 0 Å². The molecule has 0 spiro atoms. The maximum atomic E-state index is 8.98. The van der Waals surface area contributed by atoms with Gasteiger partial charge >= 0.3 is 0 Å². The van der Waals surface area contributed by atoms with Crippen molar-refractivity contribution in [1.29, 1.82) is 0 Å². The van der Waals surface area contributed by atoms with E-state index in [4.69, 9.17) is 9.84 Å². The fraction of sp³-hybridized carbons (Fsp3) is 0.500. The molecule has 0 aromatic heterocycles. The van der Waals surface area contributed by atoms with Crippen LogP contribution in [0, 0.1) is 0 Å². The van der Waals surface area contributed by atoms with Gasteiger partial charge in [0.25, 0.3) is 0 Å². The molecule has 0 bridgehead atoms. The van der Waals surface area contributed by atoms with Gasteiger partial charge in [0.2, 0.25) is 0 Å². The Hall–Kier alpha value is -0.100. The molecule has 0 saturated carbocycles. The number of ether oxygens (including phenoxy) is 1. The van der Waals surface area contributed by atoms with Crippen molar-refractivity contribution < 1.29 is 9.84 Å². The Bertz CT molecular complexity index is 372. The first kappa shape index (κ1) is 15.0. The van der Waals surface area contributed by atoms with Crippen LogP contribution >= 0.6 is 31.9 Å². The Balaban J connectivity index is 2.87. The van der Waals surface area contributed by atoms with Crippen molar-refractivity contribution in [3.05, 3.63) is 26.6 Å². The SMILES string of the molecule is CCOc1c(Br)cc(Br)cc1CN[C@H](C)CO. The van der Waals surface area contributed by atoms with Crippen molar-refractivity contribution in [2.75, 3.05) is 13.2 Å². The van der Waals surface area contributed by atoms with Gasteiger partial charge in [-0.2, -0.15) is 0 Å². The van der Waals surface area contributed by atoms with E-state index in [1.54, 1.807) is 0 Å². The topological polar surface area (TPSA) is 41.5 Å². The maximum Gasteiger partial charge on any atom is 0.138 e. The first-order chi connectivity index (χ1) is 8.08. The van der Waals surface area contributed by atoms with Gasteiger partial charge in [0.05, 0.1) is 17.7 Å². The molecule has 1 aromatic carbocycles. The van der Waals surface area contributed by atoms with E-state index < -0.39 is 0 Å². The molecule has 1 aromatic rings. The van der Waals surface area contributed by atoms with Crippen molar-refractivity contribution >= 4 is 31.9 Å². The fourth-order valence-electron chi connectivity index (χ4n) is 1.40. The third-order valence-corrected chi connectivity index (χ3v) is 3.34. The molecule has 0 heterocycles. The van der Waals surface area contributed by atoms with E-state index in [0.29, 0.717) is 13.2 Å². The number of hydrogen-bond donors (Lipinski definition) is 2. The van der Waals surface area contributed by atoms with Gasteiger partial charge in [-0.25, -0.2) is 0 Å².